The average Bonchev–Trinajstić information content (AvgIpc) is 2.72. The van der Waals surface area contributed by atoms with Crippen LogP contribution in [0.1, 0.15) is 18.2 Å². The number of nitrogens with zero attached hydrogens (tertiary/aromatic N) is 1. The second-order valence-corrected chi connectivity index (χ2v) is 7.55. The molecule has 4 N–H and O–H groups in total. The molecule has 0 amide bonds. The first-order valence-electron chi connectivity index (χ1n) is 6.10. The molecule has 9 nitrogen and oxygen atoms in total. The Kier molecular flexibility index (Phi) is 4.76. The van der Waals surface area contributed by atoms with Crippen LogP contribution in [0, 0.1) is 6.92 Å². The van der Waals surface area contributed by atoms with E-state index < -0.39 is 36.4 Å². The standard InChI is InChI=1S/C10H16N3O6PS/c1-5-3-13(10(15)12-9(5)14)8-2-6(11)7(19-8)4-18-20(16,17)21/h3,6-8H,2,4,11H2,1H3,(H,12,14,15)(H2,16,17,21)/t6-,7+,8+/m0/s1. The van der Waals surface area contributed by atoms with E-state index in [9.17, 15) is 14.2 Å². The van der Waals surface area contributed by atoms with Crippen molar-refractivity contribution in [3.05, 3.63) is 32.6 Å². The summed E-state index contributed by atoms with van der Waals surface area (Å²) in [6.45, 7) is -2.57. The van der Waals surface area contributed by atoms with E-state index in [4.69, 9.17) is 15.4 Å². The van der Waals surface area contributed by atoms with E-state index in [0.717, 1.165) is 0 Å². The number of nitrogens with one attached hydrogen (secondary N) is 1. The Morgan fingerprint density at radius 2 is 2.33 bits per heavy atom. The first kappa shape index (κ1) is 16.5. The molecular formula is C10H16N3O6PS. The number of hydrogen-bond donors (Lipinski definition) is 4. The molecule has 0 aliphatic carbocycles. The van der Waals surface area contributed by atoms with Crippen molar-refractivity contribution in [1.82, 2.24) is 9.55 Å². The van der Waals surface area contributed by atoms with Crippen LogP contribution in [0.15, 0.2) is 15.8 Å². The number of ether oxygens (including phenoxy) is 1. The molecule has 0 radical (unpaired) electrons. The molecule has 1 fully saturated rings. The van der Waals surface area contributed by atoms with E-state index in [0.29, 0.717) is 12.0 Å². The Bertz CT molecular complexity index is 682. The van der Waals surface area contributed by atoms with Gasteiger partial charge in [-0.1, -0.05) is 12.2 Å². The second-order valence-electron chi connectivity index (χ2n) is 4.79. The SMILES string of the molecule is Cc1cn([C@H]2C[C@H](N)[C@@H](COP(=O)(O)S)O2)c(=O)[nH]c1=O. The monoisotopic (exact) mass is 337 g/mol. The number of nitrogens with two attached hydrogens (primary N) is 1. The number of aromatic nitrogens is 2. The molecule has 1 aliphatic heterocycles. The minimum Gasteiger partial charge on any atom is -0.351 e. The zero-order valence-electron chi connectivity index (χ0n) is 11.1. The molecule has 0 aromatic carbocycles. The largest absolute Gasteiger partial charge is 0.383 e. The van der Waals surface area contributed by atoms with Crippen molar-refractivity contribution >= 4 is 19.0 Å². The van der Waals surface area contributed by atoms with Gasteiger partial charge in [-0.05, 0) is 6.92 Å². The van der Waals surface area contributed by atoms with E-state index >= 15 is 0 Å². The zero-order chi connectivity index (χ0) is 15.8. The van der Waals surface area contributed by atoms with Crippen LogP contribution in [0.2, 0.25) is 0 Å². The maximum Gasteiger partial charge on any atom is 0.383 e. The summed E-state index contributed by atoms with van der Waals surface area (Å²) in [5.41, 5.74) is 5.16. The van der Waals surface area contributed by atoms with Gasteiger partial charge >= 0.3 is 12.5 Å². The number of aromatic amines is 1. The van der Waals surface area contributed by atoms with Gasteiger partial charge in [0.05, 0.1) is 12.7 Å². The third-order valence-corrected chi connectivity index (χ3v) is 3.98. The molecule has 1 aliphatic rings. The molecule has 4 atom stereocenters. The van der Waals surface area contributed by atoms with Crippen LogP contribution in [-0.2, 0) is 13.8 Å². The predicted molar refractivity (Wildman–Crippen MR) is 77.3 cm³/mol. The molecular weight excluding hydrogens is 321 g/mol. The molecule has 0 saturated carbocycles. The van der Waals surface area contributed by atoms with Gasteiger partial charge in [0, 0.05) is 24.2 Å². The summed E-state index contributed by atoms with van der Waals surface area (Å²) in [4.78, 5) is 34.2. The maximum absolute atomic E-state index is 11.8. The average molecular weight is 337 g/mol. The van der Waals surface area contributed by atoms with Crippen LogP contribution in [0.4, 0.5) is 0 Å². The number of rotatable bonds is 4. The molecule has 0 spiro atoms. The molecule has 1 aromatic rings. The van der Waals surface area contributed by atoms with Gasteiger partial charge in [0.15, 0.2) is 0 Å². The van der Waals surface area contributed by atoms with Crippen molar-refractivity contribution in [2.45, 2.75) is 31.7 Å². The maximum atomic E-state index is 11.8. The number of H-pyrrole nitrogens is 1. The van der Waals surface area contributed by atoms with Crippen molar-refractivity contribution in [3.8, 4) is 0 Å². The van der Waals surface area contributed by atoms with Crippen molar-refractivity contribution in [2.75, 3.05) is 6.61 Å². The van der Waals surface area contributed by atoms with Crippen molar-refractivity contribution in [2.24, 2.45) is 5.73 Å². The summed E-state index contributed by atoms with van der Waals surface area (Å²) in [6, 6.07) is -0.478. The Labute approximate surface area is 124 Å². The molecule has 0 bridgehead atoms. The van der Waals surface area contributed by atoms with E-state index in [1.165, 1.54) is 10.8 Å². The van der Waals surface area contributed by atoms with E-state index in [-0.39, 0.29) is 6.61 Å². The van der Waals surface area contributed by atoms with E-state index in [2.05, 4.69) is 21.8 Å². The predicted octanol–water partition coefficient (Wildman–Crippen LogP) is -0.493. The van der Waals surface area contributed by atoms with Crippen molar-refractivity contribution in [3.63, 3.8) is 0 Å². The minimum atomic E-state index is -3.92. The van der Waals surface area contributed by atoms with Crippen molar-refractivity contribution < 1.29 is 18.7 Å². The summed E-state index contributed by atoms with van der Waals surface area (Å²) in [7, 11) is 0. The lowest BCUT2D eigenvalue weighted by atomic mass is 10.1. The van der Waals surface area contributed by atoms with Crippen LogP contribution in [0.3, 0.4) is 0 Å². The van der Waals surface area contributed by atoms with Crippen LogP contribution in [-0.4, -0.2) is 33.2 Å². The Morgan fingerprint density at radius 1 is 1.67 bits per heavy atom. The van der Waals surface area contributed by atoms with Gasteiger partial charge in [-0.2, -0.15) is 0 Å². The highest BCUT2D eigenvalue weighted by Gasteiger charge is 2.35. The number of aryl methyl sites for hydroxylation is 1. The highest BCUT2D eigenvalue weighted by Crippen LogP contribution is 2.47. The number of hydrogen-bond acceptors (Lipinski definition) is 6. The van der Waals surface area contributed by atoms with Gasteiger partial charge in [-0.15, -0.1) is 0 Å². The van der Waals surface area contributed by atoms with Crippen LogP contribution in [0.25, 0.3) is 0 Å². The quantitative estimate of drug-likeness (QED) is 0.430. The molecule has 21 heavy (non-hydrogen) atoms. The first-order chi connectivity index (χ1) is 9.67. The van der Waals surface area contributed by atoms with Gasteiger partial charge in [0.25, 0.3) is 5.56 Å². The summed E-state index contributed by atoms with van der Waals surface area (Å²) in [5, 5.41) is 0. The highest BCUT2D eigenvalue weighted by atomic mass is 32.7. The van der Waals surface area contributed by atoms with Crippen LogP contribution < -0.4 is 17.0 Å². The third kappa shape index (κ3) is 4.06. The van der Waals surface area contributed by atoms with E-state index in [1.807, 2.05) is 0 Å². The molecule has 2 heterocycles. The third-order valence-electron chi connectivity index (χ3n) is 3.15. The lowest BCUT2D eigenvalue weighted by Gasteiger charge is -2.17. The molecule has 118 valence electrons. The molecule has 1 saturated heterocycles. The molecule has 2 rings (SSSR count). The summed E-state index contributed by atoms with van der Waals surface area (Å²) in [6.07, 6.45) is 0.371. The minimum absolute atomic E-state index is 0.216. The molecule has 11 heteroatoms. The fourth-order valence-electron chi connectivity index (χ4n) is 2.06. The van der Waals surface area contributed by atoms with Gasteiger partial charge in [0.1, 0.15) is 6.23 Å². The lowest BCUT2D eigenvalue weighted by molar-refractivity contribution is -0.0231. The van der Waals surface area contributed by atoms with Gasteiger partial charge in [0.2, 0.25) is 0 Å². The van der Waals surface area contributed by atoms with E-state index in [1.54, 1.807) is 6.92 Å². The number of thiol groups is 1. The summed E-state index contributed by atoms with van der Waals surface area (Å²) in [5.74, 6) is 0. The topological polar surface area (TPSA) is 137 Å². The summed E-state index contributed by atoms with van der Waals surface area (Å²) >= 11 is 3.39. The second kappa shape index (κ2) is 6.07. The Morgan fingerprint density at radius 3 is 2.95 bits per heavy atom. The van der Waals surface area contributed by atoms with Gasteiger partial charge in [-0.25, -0.2) is 9.36 Å². The molecule has 1 aromatic heterocycles. The van der Waals surface area contributed by atoms with Crippen LogP contribution >= 0.6 is 19.0 Å². The first-order valence-corrected chi connectivity index (χ1v) is 8.83. The fourth-order valence-corrected chi connectivity index (χ4v) is 2.60. The fraction of sp³-hybridized carbons (Fsp3) is 0.600. The van der Waals surface area contributed by atoms with Crippen LogP contribution in [0.5, 0.6) is 0 Å². The highest BCUT2D eigenvalue weighted by molar-refractivity contribution is 8.44. The van der Waals surface area contributed by atoms with Crippen molar-refractivity contribution in [1.29, 1.82) is 0 Å². The Balaban J connectivity index is 2.14. The lowest BCUT2D eigenvalue weighted by Crippen LogP contribution is -2.33. The normalized spacial score (nSPS) is 28.5. The van der Waals surface area contributed by atoms with Gasteiger partial charge in [-0.3, -0.25) is 18.9 Å². The summed E-state index contributed by atoms with van der Waals surface area (Å²) < 4.78 is 22.4. The smallest absolute Gasteiger partial charge is 0.351 e. The van der Waals surface area contributed by atoms with Gasteiger partial charge < -0.3 is 15.4 Å². The Hall–Kier alpha value is -0.900. The zero-order valence-corrected chi connectivity index (χ0v) is 12.9. The molecule has 1 unspecified atom stereocenters.